The molecule has 5 nitrogen and oxygen atoms in total. The second kappa shape index (κ2) is 12.1. The van der Waals surface area contributed by atoms with Crippen LogP contribution in [0.4, 0.5) is 4.39 Å². The molecule has 1 saturated heterocycles. The van der Waals surface area contributed by atoms with E-state index in [9.17, 15) is 19.1 Å². The lowest BCUT2D eigenvalue weighted by atomic mass is 10.00. The van der Waals surface area contributed by atoms with E-state index in [2.05, 4.69) is 18.7 Å². The summed E-state index contributed by atoms with van der Waals surface area (Å²) in [7, 11) is 0. The predicted octanol–water partition coefficient (Wildman–Crippen LogP) is 5.60. The first-order chi connectivity index (χ1) is 16.0. The molecule has 1 atom stereocenters. The lowest BCUT2D eigenvalue weighted by Gasteiger charge is -2.26. The number of carbonyl (C=O) groups excluding carboxylic acids is 2. The van der Waals surface area contributed by atoms with Crippen molar-refractivity contribution in [1.82, 2.24) is 9.80 Å². The molecule has 0 unspecified atom stereocenters. The zero-order valence-corrected chi connectivity index (χ0v) is 20.2. The number of Topliss-reactive ketones (excluding diaryl/α,β-unsaturated/α-hetero) is 1. The number of amides is 1. The van der Waals surface area contributed by atoms with E-state index in [1.807, 2.05) is 17.5 Å². The summed E-state index contributed by atoms with van der Waals surface area (Å²) in [4.78, 5) is 30.8. The molecular formula is C26H33FN2O3S. The Balaban J connectivity index is 1.83. The molecule has 0 aliphatic carbocycles. The number of thiophene rings is 1. The van der Waals surface area contributed by atoms with E-state index >= 15 is 0 Å². The zero-order valence-electron chi connectivity index (χ0n) is 19.4. The van der Waals surface area contributed by atoms with Gasteiger partial charge in [-0.15, -0.1) is 11.3 Å². The van der Waals surface area contributed by atoms with Gasteiger partial charge in [-0.3, -0.25) is 9.59 Å². The number of aliphatic hydroxyl groups excluding tert-OH is 1. The lowest BCUT2D eigenvalue weighted by molar-refractivity contribution is -0.139. The van der Waals surface area contributed by atoms with E-state index in [1.54, 1.807) is 4.90 Å². The number of likely N-dealkylation sites (tertiary alicyclic amines) is 1. The maximum Gasteiger partial charge on any atom is 0.295 e. The van der Waals surface area contributed by atoms with Crippen molar-refractivity contribution in [3.8, 4) is 0 Å². The molecule has 0 spiro atoms. The highest BCUT2D eigenvalue weighted by atomic mass is 32.1. The van der Waals surface area contributed by atoms with Crippen LogP contribution in [0.2, 0.25) is 0 Å². The van der Waals surface area contributed by atoms with Gasteiger partial charge in [0.1, 0.15) is 11.6 Å². The smallest absolute Gasteiger partial charge is 0.295 e. The molecule has 1 aromatic heterocycles. The molecule has 2 heterocycles. The van der Waals surface area contributed by atoms with Gasteiger partial charge >= 0.3 is 0 Å². The van der Waals surface area contributed by atoms with E-state index in [-0.39, 0.29) is 11.3 Å². The molecule has 1 fully saturated rings. The highest BCUT2D eigenvalue weighted by molar-refractivity contribution is 7.10. The standard InChI is InChI=1S/C26H33FN2O3S/c1-3-5-14-28(15-6-4-2)16-8-17-29-23(21-9-7-18-33-21)22(25(31)26(29)32)24(30)19-10-12-20(27)13-11-19/h7,9-13,18,23,30H,3-6,8,14-17H2,1-2H3/t23-/m1/s1. The molecular weight excluding hydrogens is 439 g/mol. The first kappa shape index (κ1) is 25.1. The summed E-state index contributed by atoms with van der Waals surface area (Å²) in [6.45, 7) is 7.72. The van der Waals surface area contributed by atoms with Crippen molar-refractivity contribution >= 4 is 28.8 Å². The third kappa shape index (κ3) is 6.09. The van der Waals surface area contributed by atoms with Crippen molar-refractivity contribution in [1.29, 1.82) is 0 Å². The van der Waals surface area contributed by atoms with Crippen molar-refractivity contribution < 1.29 is 19.1 Å². The fourth-order valence-electron chi connectivity index (χ4n) is 4.18. The Labute approximate surface area is 199 Å². The van der Waals surface area contributed by atoms with Gasteiger partial charge in [-0.25, -0.2) is 4.39 Å². The predicted molar refractivity (Wildman–Crippen MR) is 131 cm³/mol. The van der Waals surface area contributed by atoms with Crippen LogP contribution in [0.3, 0.4) is 0 Å². The zero-order chi connectivity index (χ0) is 23.8. The summed E-state index contributed by atoms with van der Waals surface area (Å²) in [6.07, 6.45) is 5.30. The fourth-order valence-corrected chi connectivity index (χ4v) is 5.03. The van der Waals surface area contributed by atoms with Crippen molar-refractivity contribution in [2.75, 3.05) is 26.2 Å². The van der Waals surface area contributed by atoms with Gasteiger partial charge in [0.05, 0.1) is 11.6 Å². The van der Waals surface area contributed by atoms with E-state index in [0.717, 1.165) is 56.6 Å². The van der Waals surface area contributed by atoms with Gasteiger partial charge < -0.3 is 14.9 Å². The maximum atomic E-state index is 13.4. The number of unbranched alkanes of at least 4 members (excludes halogenated alkanes) is 2. The molecule has 0 bridgehead atoms. The number of rotatable bonds is 12. The first-order valence-electron chi connectivity index (χ1n) is 11.8. The maximum absolute atomic E-state index is 13.4. The van der Waals surface area contributed by atoms with Gasteiger partial charge in [0.2, 0.25) is 0 Å². The number of carbonyl (C=O) groups is 2. The molecule has 3 rings (SSSR count). The highest BCUT2D eigenvalue weighted by Gasteiger charge is 2.46. The Kier molecular flexibility index (Phi) is 9.21. The quantitative estimate of drug-likeness (QED) is 0.248. The molecule has 178 valence electrons. The monoisotopic (exact) mass is 472 g/mol. The normalized spacial score (nSPS) is 17.9. The minimum atomic E-state index is -0.691. The Bertz CT molecular complexity index is 948. The van der Waals surface area contributed by atoms with E-state index in [4.69, 9.17) is 0 Å². The highest BCUT2D eigenvalue weighted by Crippen LogP contribution is 2.41. The molecule has 2 aromatic rings. The molecule has 1 aromatic carbocycles. The van der Waals surface area contributed by atoms with Crippen LogP contribution in [0.5, 0.6) is 0 Å². The summed E-state index contributed by atoms with van der Waals surface area (Å²) in [5.74, 6) is -1.98. The number of hydrogen-bond acceptors (Lipinski definition) is 5. The minimum absolute atomic E-state index is 0.0721. The van der Waals surface area contributed by atoms with E-state index in [0.29, 0.717) is 12.1 Å². The molecule has 1 N–H and O–H groups in total. The van der Waals surface area contributed by atoms with Crippen LogP contribution in [-0.2, 0) is 9.59 Å². The number of benzene rings is 1. The number of aliphatic hydroxyl groups is 1. The van der Waals surface area contributed by atoms with E-state index in [1.165, 1.54) is 35.6 Å². The summed E-state index contributed by atoms with van der Waals surface area (Å²) in [5.41, 5.74) is 0.393. The summed E-state index contributed by atoms with van der Waals surface area (Å²) >= 11 is 1.45. The minimum Gasteiger partial charge on any atom is -0.507 e. The van der Waals surface area contributed by atoms with Gasteiger partial charge in [-0.05, 0) is 74.6 Å². The fraction of sp³-hybridized carbons (Fsp3) is 0.462. The van der Waals surface area contributed by atoms with Crippen molar-refractivity contribution in [3.63, 3.8) is 0 Å². The Morgan fingerprint density at radius 3 is 2.24 bits per heavy atom. The molecule has 1 amide bonds. The van der Waals surface area contributed by atoms with Crippen LogP contribution >= 0.6 is 11.3 Å². The molecule has 1 aliphatic heterocycles. The number of ketones is 1. The van der Waals surface area contributed by atoms with Crippen molar-refractivity contribution in [2.45, 2.75) is 52.0 Å². The second-order valence-corrected chi connectivity index (χ2v) is 9.40. The number of halogens is 1. The van der Waals surface area contributed by atoms with Gasteiger partial charge in [-0.2, -0.15) is 0 Å². The van der Waals surface area contributed by atoms with Crippen LogP contribution in [0, 0.1) is 5.82 Å². The van der Waals surface area contributed by atoms with Crippen LogP contribution < -0.4 is 0 Å². The second-order valence-electron chi connectivity index (χ2n) is 8.42. The first-order valence-corrected chi connectivity index (χ1v) is 12.7. The van der Waals surface area contributed by atoms with Gasteiger partial charge in [0.15, 0.2) is 0 Å². The van der Waals surface area contributed by atoms with E-state index < -0.39 is 23.5 Å². The third-order valence-corrected chi connectivity index (χ3v) is 6.92. The van der Waals surface area contributed by atoms with Crippen molar-refractivity contribution in [3.05, 3.63) is 63.6 Å². The largest absolute Gasteiger partial charge is 0.507 e. The van der Waals surface area contributed by atoms with Crippen molar-refractivity contribution in [2.24, 2.45) is 0 Å². The Hall–Kier alpha value is -2.51. The van der Waals surface area contributed by atoms with Crippen LogP contribution in [0.15, 0.2) is 47.4 Å². The average Bonchev–Trinajstić information content (AvgIpc) is 3.43. The van der Waals surface area contributed by atoms with Gasteiger partial charge in [0, 0.05) is 17.0 Å². The summed E-state index contributed by atoms with van der Waals surface area (Å²) in [5, 5.41) is 12.8. The topological polar surface area (TPSA) is 60.9 Å². The SMILES string of the molecule is CCCCN(CCCC)CCCN1C(=O)C(=O)C(=C(O)c2ccc(F)cc2)[C@H]1c1cccs1. The van der Waals surface area contributed by atoms with Crippen LogP contribution in [0.1, 0.15) is 62.4 Å². The Morgan fingerprint density at radius 2 is 1.67 bits per heavy atom. The van der Waals surface area contributed by atoms with Gasteiger partial charge in [0.25, 0.3) is 11.7 Å². The molecule has 0 saturated carbocycles. The summed E-state index contributed by atoms with van der Waals surface area (Å²) < 4.78 is 13.4. The lowest BCUT2D eigenvalue weighted by Crippen LogP contribution is -2.34. The molecule has 7 heteroatoms. The number of hydrogen-bond donors (Lipinski definition) is 1. The molecule has 0 radical (unpaired) electrons. The van der Waals surface area contributed by atoms with Crippen LogP contribution in [-0.4, -0.2) is 52.8 Å². The average molecular weight is 473 g/mol. The molecule has 33 heavy (non-hydrogen) atoms. The Morgan fingerprint density at radius 1 is 1.03 bits per heavy atom. The summed E-state index contributed by atoms with van der Waals surface area (Å²) in [6, 6.07) is 8.41. The third-order valence-electron chi connectivity index (χ3n) is 6.00. The number of nitrogens with zero attached hydrogens (tertiary/aromatic N) is 2. The van der Waals surface area contributed by atoms with Gasteiger partial charge in [-0.1, -0.05) is 32.8 Å². The molecule has 1 aliphatic rings. The van der Waals surface area contributed by atoms with Crippen LogP contribution in [0.25, 0.3) is 5.76 Å².